The monoisotopic (exact) mass is 438 g/mol. The van der Waals surface area contributed by atoms with Crippen LogP contribution in [0.2, 0.25) is 0 Å². The first-order valence-corrected chi connectivity index (χ1v) is 9.65. The second kappa shape index (κ2) is 10.8. The van der Waals surface area contributed by atoms with E-state index in [0.29, 0.717) is 25.2 Å². The number of alkyl halides is 3. The molecular weight excluding hydrogens is 413 g/mol. The number of amides is 1. The molecule has 10 heteroatoms. The van der Waals surface area contributed by atoms with E-state index in [2.05, 4.69) is 10.3 Å². The topological polar surface area (TPSA) is 110 Å². The molecule has 31 heavy (non-hydrogen) atoms. The summed E-state index contributed by atoms with van der Waals surface area (Å²) in [6.07, 6.45) is -2.08. The molecule has 0 bridgehead atoms. The highest BCUT2D eigenvalue weighted by molar-refractivity contribution is 5.94. The van der Waals surface area contributed by atoms with Crippen molar-refractivity contribution in [1.82, 2.24) is 9.88 Å². The number of nitrogens with two attached hydrogens (primary N) is 1. The third-order valence-corrected chi connectivity index (χ3v) is 4.50. The Hall–Kier alpha value is -3.14. The van der Waals surface area contributed by atoms with Gasteiger partial charge in [-0.1, -0.05) is 12.1 Å². The maximum atomic E-state index is 12.9. The van der Waals surface area contributed by atoms with E-state index >= 15 is 0 Å². The van der Waals surface area contributed by atoms with E-state index in [0.717, 1.165) is 16.7 Å². The summed E-state index contributed by atoms with van der Waals surface area (Å²) in [6, 6.07) is 6.88. The molecule has 0 unspecified atom stereocenters. The molecule has 0 aliphatic rings. The molecule has 0 aliphatic heterocycles. The molecule has 2 rings (SSSR count). The van der Waals surface area contributed by atoms with E-state index in [1.165, 1.54) is 30.5 Å². The molecule has 4 N–H and O–H groups in total. The first kappa shape index (κ1) is 24.1. The number of hydrogen-bond donors (Lipinski definition) is 3. The van der Waals surface area contributed by atoms with Gasteiger partial charge in [0.1, 0.15) is 5.56 Å². The van der Waals surface area contributed by atoms with Gasteiger partial charge in [-0.3, -0.25) is 14.6 Å². The van der Waals surface area contributed by atoms with Gasteiger partial charge in [-0.05, 0) is 49.6 Å². The second-order valence-electron chi connectivity index (χ2n) is 7.07. The van der Waals surface area contributed by atoms with E-state index in [-0.39, 0.29) is 24.3 Å². The Bertz CT molecular complexity index is 982. The number of aliphatic imine (C=N–C) groups is 1. The third-order valence-electron chi connectivity index (χ3n) is 4.50. The van der Waals surface area contributed by atoms with Crippen LogP contribution in [0.5, 0.6) is 0 Å². The normalized spacial score (nSPS) is 13.1. The number of carbonyl (C=O) groups excluding carboxylic acids is 1. The maximum Gasteiger partial charge on any atom is 0.416 e. The highest BCUT2D eigenvalue weighted by Gasteiger charge is 2.30. The van der Waals surface area contributed by atoms with Crippen LogP contribution in [-0.2, 0) is 12.7 Å². The van der Waals surface area contributed by atoms with Crippen molar-refractivity contribution in [2.75, 3.05) is 13.2 Å². The van der Waals surface area contributed by atoms with Crippen LogP contribution >= 0.6 is 0 Å². The first-order chi connectivity index (χ1) is 14.6. The van der Waals surface area contributed by atoms with Crippen molar-refractivity contribution >= 4 is 11.7 Å². The van der Waals surface area contributed by atoms with Crippen molar-refractivity contribution in [3.8, 4) is 0 Å². The number of rotatable bonds is 9. The summed E-state index contributed by atoms with van der Waals surface area (Å²) in [5, 5.41) is 12.1. The summed E-state index contributed by atoms with van der Waals surface area (Å²) in [4.78, 5) is 29.3. The summed E-state index contributed by atoms with van der Waals surface area (Å²) in [5.74, 6) is -0.226. The van der Waals surface area contributed by atoms with Gasteiger partial charge < -0.3 is 20.7 Å². The molecule has 2 aromatic rings. The number of amidine groups is 1. The van der Waals surface area contributed by atoms with E-state index in [1.807, 2.05) is 0 Å². The van der Waals surface area contributed by atoms with Crippen LogP contribution in [0.25, 0.3) is 0 Å². The van der Waals surface area contributed by atoms with Gasteiger partial charge in [0.15, 0.2) is 0 Å². The van der Waals surface area contributed by atoms with Gasteiger partial charge >= 0.3 is 6.18 Å². The lowest BCUT2D eigenvalue weighted by atomic mass is 10.1. The number of nitrogens with one attached hydrogen (secondary N) is 1. The fourth-order valence-electron chi connectivity index (χ4n) is 2.94. The van der Waals surface area contributed by atoms with Crippen molar-refractivity contribution in [1.29, 1.82) is 0 Å². The standard InChI is InChI=1S/C21H25F3N4O3/c1-14(25)26-9-3-7-17(13-29)27-19(30)18-8-4-10-28(20(18)31)12-15-5-2-6-16(11-15)21(22,23)24/h2,4-6,8,10-11,17,29H,3,7,9,12-13H2,1H3,(H2,25,26)(H,27,30)/t17-/m0/s1. The van der Waals surface area contributed by atoms with Crippen LogP contribution in [0.1, 0.15) is 41.3 Å². The molecule has 1 heterocycles. The van der Waals surface area contributed by atoms with Gasteiger partial charge in [-0.25, -0.2) is 0 Å². The molecule has 7 nitrogen and oxygen atoms in total. The highest BCUT2D eigenvalue weighted by Crippen LogP contribution is 2.29. The predicted molar refractivity (Wildman–Crippen MR) is 111 cm³/mol. The highest BCUT2D eigenvalue weighted by atomic mass is 19.4. The Kier molecular flexibility index (Phi) is 8.38. The number of benzene rings is 1. The summed E-state index contributed by atoms with van der Waals surface area (Å²) >= 11 is 0. The van der Waals surface area contributed by atoms with Crippen molar-refractivity contribution in [2.24, 2.45) is 10.7 Å². The number of nitrogens with zero attached hydrogens (tertiary/aromatic N) is 2. The Morgan fingerprint density at radius 3 is 2.68 bits per heavy atom. The van der Waals surface area contributed by atoms with Gasteiger partial charge in [0.05, 0.1) is 30.6 Å². The van der Waals surface area contributed by atoms with Gasteiger partial charge in [-0.2, -0.15) is 13.2 Å². The fraction of sp³-hybridized carbons (Fsp3) is 0.381. The molecular formula is C21H25F3N4O3. The first-order valence-electron chi connectivity index (χ1n) is 9.65. The Morgan fingerprint density at radius 2 is 2.03 bits per heavy atom. The Balaban J connectivity index is 2.12. The minimum atomic E-state index is -4.49. The van der Waals surface area contributed by atoms with Crippen LogP contribution in [0.3, 0.4) is 0 Å². The van der Waals surface area contributed by atoms with Gasteiger partial charge in [0, 0.05) is 12.7 Å². The van der Waals surface area contributed by atoms with Gasteiger partial charge in [0.25, 0.3) is 11.5 Å². The molecule has 1 aromatic heterocycles. The molecule has 1 atom stereocenters. The number of aromatic nitrogens is 1. The third kappa shape index (κ3) is 7.25. The summed E-state index contributed by atoms with van der Waals surface area (Å²) in [5.41, 5.74) is 4.11. The molecule has 0 aliphatic carbocycles. The van der Waals surface area contributed by atoms with E-state index in [4.69, 9.17) is 5.73 Å². The van der Waals surface area contributed by atoms with E-state index in [1.54, 1.807) is 6.92 Å². The largest absolute Gasteiger partial charge is 0.416 e. The van der Waals surface area contributed by atoms with Crippen molar-refractivity contribution in [3.05, 3.63) is 69.6 Å². The predicted octanol–water partition coefficient (Wildman–Crippen LogP) is 2.16. The number of aliphatic hydroxyl groups is 1. The van der Waals surface area contributed by atoms with Crippen LogP contribution < -0.4 is 16.6 Å². The minimum Gasteiger partial charge on any atom is -0.394 e. The maximum absolute atomic E-state index is 12.9. The smallest absolute Gasteiger partial charge is 0.394 e. The van der Waals surface area contributed by atoms with Crippen LogP contribution in [0, 0.1) is 0 Å². The molecule has 168 valence electrons. The summed E-state index contributed by atoms with van der Waals surface area (Å²) < 4.78 is 39.9. The van der Waals surface area contributed by atoms with Crippen molar-refractivity contribution < 1.29 is 23.1 Å². The zero-order valence-electron chi connectivity index (χ0n) is 17.0. The minimum absolute atomic E-state index is 0.121. The molecule has 0 saturated heterocycles. The quantitative estimate of drug-likeness (QED) is 0.317. The number of aliphatic hydroxyl groups excluding tert-OH is 1. The molecule has 0 saturated carbocycles. The van der Waals surface area contributed by atoms with Crippen LogP contribution in [0.4, 0.5) is 13.2 Å². The zero-order valence-corrected chi connectivity index (χ0v) is 17.0. The van der Waals surface area contributed by atoms with Gasteiger partial charge in [-0.15, -0.1) is 0 Å². The fourth-order valence-corrected chi connectivity index (χ4v) is 2.94. The van der Waals surface area contributed by atoms with Crippen molar-refractivity contribution in [2.45, 2.75) is 38.5 Å². The van der Waals surface area contributed by atoms with Crippen LogP contribution in [-0.4, -0.2) is 40.6 Å². The zero-order chi connectivity index (χ0) is 23.0. The number of hydrogen-bond acceptors (Lipinski definition) is 4. The van der Waals surface area contributed by atoms with E-state index in [9.17, 15) is 27.9 Å². The lowest BCUT2D eigenvalue weighted by Crippen LogP contribution is -2.40. The summed E-state index contributed by atoms with van der Waals surface area (Å²) in [7, 11) is 0. The Labute approximate surface area is 177 Å². The number of pyridine rings is 1. The molecule has 0 fully saturated rings. The number of halogens is 3. The molecule has 0 spiro atoms. The molecule has 1 amide bonds. The average Bonchev–Trinajstić information content (AvgIpc) is 2.71. The average molecular weight is 438 g/mol. The number of carbonyl (C=O) groups is 1. The van der Waals surface area contributed by atoms with Crippen molar-refractivity contribution in [3.63, 3.8) is 0 Å². The summed E-state index contributed by atoms with van der Waals surface area (Å²) in [6.45, 7) is 1.67. The van der Waals surface area contributed by atoms with Crippen LogP contribution in [0.15, 0.2) is 52.4 Å². The molecule has 1 aromatic carbocycles. The van der Waals surface area contributed by atoms with Gasteiger partial charge in [0.2, 0.25) is 0 Å². The molecule has 0 radical (unpaired) electrons. The van der Waals surface area contributed by atoms with E-state index < -0.39 is 29.2 Å². The SMILES string of the molecule is CC(N)=NCCC[C@@H](CO)NC(=O)c1cccn(Cc2cccc(C(F)(F)F)c2)c1=O. The Morgan fingerprint density at radius 1 is 1.29 bits per heavy atom. The lowest BCUT2D eigenvalue weighted by Gasteiger charge is -2.16. The second-order valence-corrected chi connectivity index (χ2v) is 7.07. The lowest BCUT2D eigenvalue weighted by molar-refractivity contribution is -0.137.